The van der Waals surface area contributed by atoms with Crippen molar-refractivity contribution in [2.45, 2.75) is 56.5 Å². The second kappa shape index (κ2) is 5.15. The van der Waals surface area contributed by atoms with E-state index in [2.05, 4.69) is 10.6 Å². The van der Waals surface area contributed by atoms with Crippen molar-refractivity contribution in [2.24, 2.45) is 0 Å². The molecule has 1 aliphatic carbocycles. The van der Waals surface area contributed by atoms with E-state index in [0.717, 1.165) is 51.6 Å². The van der Waals surface area contributed by atoms with Crippen LogP contribution in [-0.2, 0) is 4.79 Å². The fourth-order valence-corrected chi connectivity index (χ4v) is 2.93. The molecule has 3 N–H and O–H groups in total. The van der Waals surface area contributed by atoms with Crippen molar-refractivity contribution < 1.29 is 9.90 Å². The summed E-state index contributed by atoms with van der Waals surface area (Å²) < 4.78 is 0. The standard InChI is InChI=1S/C12H22N2O2/c15-11(16)12(6-2-1-3-7-12)14-10-4-8-13-9-5-10/h10,13-14H,1-9H2,(H,15,16). The summed E-state index contributed by atoms with van der Waals surface area (Å²) in [6, 6.07) is 0.385. The summed E-state index contributed by atoms with van der Waals surface area (Å²) >= 11 is 0. The quantitative estimate of drug-likeness (QED) is 0.675. The zero-order valence-electron chi connectivity index (χ0n) is 9.80. The van der Waals surface area contributed by atoms with Gasteiger partial charge in [0, 0.05) is 6.04 Å². The van der Waals surface area contributed by atoms with E-state index in [1.54, 1.807) is 0 Å². The van der Waals surface area contributed by atoms with Gasteiger partial charge in [0.2, 0.25) is 0 Å². The van der Waals surface area contributed by atoms with Gasteiger partial charge in [-0.15, -0.1) is 0 Å². The maximum Gasteiger partial charge on any atom is 0.323 e. The zero-order valence-corrected chi connectivity index (χ0v) is 9.80. The third-order valence-corrected chi connectivity index (χ3v) is 3.94. The number of aliphatic carboxylic acids is 1. The lowest BCUT2D eigenvalue weighted by Gasteiger charge is -2.38. The van der Waals surface area contributed by atoms with Crippen molar-refractivity contribution in [3.63, 3.8) is 0 Å². The minimum Gasteiger partial charge on any atom is -0.480 e. The minimum absolute atomic E-state index is 0.385. The van der Waals surface area contributed by atoms with Crippen molar-refractivity contribution >= 4 is 5.97 Å². The number of carboxylic acids is 1. The van der Waals surface area contributed by atoms with Crippen LogP contribution in [0.3, 0.4) is 0 Å². The minimum atomic E-state index is -0.647. The van der Waals surface area contributed by atoms with E-state index < -0.39 is 11.5 Å². The van der Waals surface area contributed by atoms with Gasteiger partial charge < -0.3 is 10.4 Å². The summed E-state index contributed by atoms with van der Waals surface area (Å²) in [4.78, 5) is 11.5. The average molecular weight is 226 g/mol. The molecular weight excluding hydrogens is 204 g/mol. The van der Waals surface area contributed by atoms with Crippen LogP contribution in [0.1, 0.15) is 44.9 Å². The highest BCUT2D eigenvalue weighted by Gasteiger charge is 2.40. The smallest absolute Gasteiger partial charge is 0.323 e. The SMILES string of the molecule is O=C(O)C1(NC2CCNCC2)CCCCC1. The molecule has 1 aliphatic heterocycles. The number of nitrogens with one attached hydrogen (secondary N) is 2. The summed E-state index contributed by atoms with van der Waals surface area (Å²) in [5.41, 5.74) is -0.625. The first-order chi connectivity index (χ1) is 7.73. The molecule has 2 fully saturated rings. The molecule has 4 nitrogen and oxygen atoms in total. The molecule has 0 unspecified atom stereocenters. The Kier molecular flexibility index (Phi) is 3.82. The summed E-state index contributed by atoms with van der Waals surface area (Å²) in [6.45, 7) is 2.01. The molecule has 0 aromatic rings. The van der Waals surface area contributed by atoms with Gasteiger partial charge in [-0.2, -0.15) is 0 Å². The van der Waals surface area contributed by atoms with E-state index in [1.165, 1.54) is 6.42 Å². The molecule has 0 atom stereocenters. The first kappa shape index (κ1) is 11.9. The number of rotatable bonds is 3. The highest BCUT2D eigenvalue weighted by atomic mass is 16.4. The van der Waals surface area contributed by atoms with Crippen LogP contribution in [0, 0.1) is 0 Å². The number of hydrogen-bond acceptors (Lipinski definition) is 3. The van der Waals surface area contributed by atoms with Gasteiger partial charge in [-0.25, -0.2) is 0 Å². The lowest BCUT2D eigenvalue weighted by Crippen LogP contribution is -2.58. The Bertz CT molecular complexity index is 243. The lowest BCUT2D eigenvalue weighted by molar-refractivity contribution is -0.147. The highest BCUT2D eigenvalue weighted by Crippen LogP contribution is 2.29. The van der Waals surface area contributed by atoms with Gasteiger partial charge in [-0.3, -0.25) is 10.1 Å². The second-order valence-corrected chi connectivity index (χ2v) is 5.12. The molecule has 1 heterocycles. The normalized spacial score (nSPS) is 26.5. The molecular formula is C12H22N2O2. The molecule has 0 amide bonds. The molecule has 1 saturated carbocycles. The van der Waals surface area contributed by atoms with E-state index in [4.69, 9.17) is 0 Å². The lowest BCUT2D eigenvalue weighted by atomic mass is 9.80. The van der Waals surface area contributed by atoms with Crippen LogP contribution < -0.4 is 10.6 Å². The van der Waals surface area contributed by atoms with Crippen LogP contribution in [-0.4, -0.2) is 35.7 Å². The van der Waals surface area contributed by atoms with Crippen LogP contribution in [0.4, 0.5) is 0 Å². The largest absolute Gasteiger partial charge is 0.480 e. The second-order valence-electron chi connectivity index (χ2n) is 5.12. The highest BCUT2D eigenvalue weighted by molar-refractivity contribution is 5.79. The summed E-state index contributed by atoms with van der Waals surface area (Å²) in [7, 11) is 0. The van der Waals surface area contributed by atoms with Gasteiger partial charge in [0.1, 0.15) is 5.54 Å². The summed E-state index contributed by atoms with van der Waals surface area (Å²) in [5, 5.41) is 16.2. The van der Waals surface area contributed by atoms with Crippen LogP contribution in [0.2, 0.25) is 0 Å². The fourth-order valence-electron chi connectivity index (χ4n) is 2.93. The summed E-state index contributed by atoms with van der Waals surface area (Å²) in [5.74, 6) is -0.647. The molecule has 4 heteroatoms. The summed E-state index contributed by atoms with van der Waals surface area (Å²) in [6.07, 6.45) is 6.97. The van der Waals surface area contributed by atoms with Gasteiger partial charge in [0.25, 0.3) is 0 Å². The number of hydrogen-bond donors (Lipinski definition) is 3. The molecule has 1 saturated heterocycles. The maximum absolute atomic E-state index is 11.5. The Balaban J connectivity index is 1.98. The van der Waals surface area contributed by atoms with Gasteiger partial charge in [0.05, 0.1) is 0 Å². The maximum atomic E-state index is 11.5. The van der Waals surface area contributed by atoms with E-state index in [0.29, 0.717) is 6.04 Å². The monoisotopic (exact) mass is 226 g/mol. The third kappa shape index (κ3) is 2.55. The fraction of sp³-hybridized carbons (Fsp3) is 0.917. The van der Waals surface area contributed by atoms with Crippen LogP contribution in [0.5, 0.6) is 0 Å². The molecule has 16 heavy (non-hydrogen) atoms. The van der Waals surface area contributed by atoms with E-state index in [9.17, 15) is 9.90 Å². The van der Waals surface area contributed by atoms with Crippen LogP contribution in [0.15, 0.2) is 0 Å². The van der Waals surface area contributed by atoms with Crippen LogP contribution in [0.25, 0.3) is 0 Å². The van der Waals surface area contributed by atoms with E-state index in [1.807, 2.05) is 0 Å². The van der Waals surface area contributed by atoms with Gasteiger partial charge in [-0.05, 0) is 38.8 Å². The molecule has 2 aliphatic rings. The van der Waals surface area contributed by atoms with Crippen LogP contribution >= 0.6 is 0 Å². The molecule has 0 aromatic heterocycles. The van der Waals surface area contributed by atoms with Gasteiger partial charge >= 0.3 is 5.97 Å². The molecule has 92 valence electrons. The van der Waals surface area contributed by atoms with Crippen molar-refractivity contribution in [3.8, 4) is 0 Å². The zero-order chi connectivity index (χ0) is 11.4. The number of piperidine rings is 1. The van der Waals surface area contributed by atoms with Gasteiger partial charge in [-0.1, -0.05) is 19.3 Å². The molecule has 0 aromatic carbocycles. The number of carbonyl (C=O) groups is 1. The Hall–Kier alpha value is -0.610. The first-order valence-corrected chi connectivity index (χ1v) is 6.45. The van der Waals surface area contributed by atoms with Crippen molar-refractivity contribution in [3.05, 3.63) is 0 Å². The van der Waals surface area contributed by atoms with Crippen molar-refractivity contribution in [1.82, 2.24) is 10.6 Å². The average Bonchev–Trinajstić information content (AvgIpc) is 2.31. The predicted octanol–water partition coefficient (Wildman–Crippen LogP) is 1.12. The Morgan fingerprint density at radius 1 is 1.19 bits per heavy atom. The first-order valence-electron chi connectivity index (χ1n) is 6.45. The number of carboxylic acid groups (broad SMARTS) is 1. The predicted molar refractivity (Wildman–Crippen MR) is 62.5 cm³/mol. The van der Waals surface area contributed by atoms with Crippen molar-refractivity contribution in [1.29, 1.82) is 0 Å². The van der Waals surface area contributed by atoms with Crippen molar-refractivity contribution in [2.75, 3.05) is 13.1 Å². The molecule has 0 spiro atoms. The molecule has 0 bridgehead atoms. The van der Waals surface area contributed by atoms with Gasteiger partial charge in [0.15, 0.2) is 0 Å². The third-order valence-electron chi connectivity index (χ3n) is 3.94. The molecule has 0 radical (unpaired) electrons. The molecule has 2 rings (SSSR count). The Labute approximate surface area is 96.8 Å². The topological polar surface area (TPSA) is 61.4 Å². The Morgan fingerprint density at radius 3 is 2.38 bits per heavy atom. The van der Waals surface area contributed by atoms with E-state index >= 15 is 0 Å². The Morgan fingerprint density at radius 2 is 1.81 bits per heavy atom. The van der Waals surface area contributed by atoms with E-state index in [-0.39, 0.29) is 0 Å².